The number of carbonyl (C=O) groups excluding carboxylic acids is 3. The molecule has 0 saturated carbocycles. The van der Waals surface area contributed by atoms with Gasteiger partial charge in [-0.15, -0.1) is 0 Å². The first-order valence-corrected chi connectivity index (χ1v) is 11.6. The largest absolute Gasteiger partial charge is 0.463 e. The Bertz CT molecular complexity index is 1130. The first kappa shape index (κ1) is 24.5. The van der Waals surface area contributed by atoms with Crippen LogP contribution in [0.3, 0.4) is 0 Å². The van der Waals surface area contributed by atoms with Crippen molar-refractivity contribution in [2.75, 3.05) is 39.8 Å². The molecule has 1 aromatic carbocycles. The second-order valence-electron chi connectivity index (χ2n) is 8.60. The lowest BCUT2D eigenvalue weighted by Gasteiger charge is -2.42. The normalized spacial score (nSPS) is 21.2. The van der Waals surface area contributed by atoms with Crippen molar-refractivity contribution in [1.82, 2.24) is 20.0 Å². The molecule has 3 heterocycles. The lowest BCUT2D eigenvalue weighted by atomic mass is 9.93. The van der Waals surface area contributed by atoms with Gasteiger partial charge in [0, 0.05) is 50.5 Å². The Labute approximate surface area is 203 Å². The van der Waals surface area contributed by atoms with Crippen LogP contribution >= 0.6 is 0 Å². The number of halogens is 1. The number of likely N-dealkylation sites (N-methyl/N-ethyl adjacent to an activating group) is 1. The average Bonchev–Trinajstić information content (AvgIpc) is 3.37. The predicted molar refractivity (Wildman–Crippen MR) is 125 cm³/mol. The minimum absolute atomic E-state index is 0.127. The van der Waals surface area contributed by atoms with Gasteiger partial charge in [0.25, 0.3) is 5.91 Å². The van der Waals surface area contributed by atoms with E-state index in [-0.39, 0.29) is 42.0 Å². The quantitative estimate of drug-likeness (QED) is 0.634. The number of hydrogen-bond donors (Lipinski definition) is 1. The van der Waals surface area contributed by atoms with Crippen LogP contribution < -0.4 is 5.32 Å². The molecule has 35 heavy (non-hydrogen) atoms. The molecule has 10 heteroatoms. The molecular weight excluding hydrogens is 455 g/mol. The van der Waals surface area contributed by atoms with Gasteiger partial charge in [-0.3, -0.25) is 14.6 Å². The second-order valence-corrected chi connectivity index (χ2v) is 8.60. The lowest BCUT2D eigenvalue weighted by Crippen LogP contribution is -2.56. The monoisotopic (exact) mass is 484 g/mol. The van der Waals surface area contributed by atoms with Crippen molar-refractivity contribution in [2.45, 2.75) is 25.9 Å². The molecule has 2 aliphatic rings. The highest BCUT2D eigenvalue weighted by Gasteiger charge is 2.39. The second kappa shape index (κ2) is 10.3. The van der Waals surface area contributed by atoms with Crippen LogP contribution in [0.25, 0.3) is 0 Å². The van der Waals surface area contributed by atoms with Crippen molar-refractivity contribution in [3.8, 4) is 0 Å². The number of amides is 3. The summed E-state index contributed by atoms with van der Waals surface area (Å²) in [5.41, 5.74) is 0.830. The zero-order chi connectivity index (χ0) is 25.1. The van der Waals surface area contributed by atoms with Crippen LogP contribution in [0.5, 0.6) is 0 Å². The van der Waals surface area contributed by atoms with E-state index in [4.69, 9.17) is 9.15 Å². The number of ether oxygens (including phenoxy) is 1. The number of piperazine rings is 1. The highest BCUT2D eigenvalue weighted by atomic mass is 19.1. The van der Waals surface area contributed by atoms with Crippen LogP contribution in [-0.2, 0) is 9.53 Å². The molecule has 1 aromatic heterocycles. The molecule has 9 nitrogen and oxygen atoms in total. The number of nitrogens with zero attached hydrogens (tertiary/aromatic N) is 3. The first-order valence-electron chi connectivity index (χ1n) is 11.6. The number of benzene rings is 1. The highest BCUT2D eigenvalue weighted by Crippen LogP contribution is 2.33. The summed E-state index contributed by atoms with van der Waals surface area (Å²) < 4.78 is 25.3. The molecule has 2 aromatic rings. The molecular formula is C25H29FN4O5. The number of esters is 1. The Morgan fingerprint density at radius 3 is 2.63 bits per heavy atom. The number of hydrogen-bond acceptors (Lipinski definition) is 6. The fraction of sp³-hybridized carbons (Fsp3) is 0.400. The van der Waals surface area contributed by atoms with Crippen molar-refractivity contribution in [2.24, 2.45) is 0 Å². The maximum absolute atomic E-state index is 14.7. The molecule has 186 valence electrons. The van der Waals surface area contributed by atoms with E-state index in [0.29, 0.717) is 25.3 Å². The Morgan fingerprint density at radius 1 is 1.20 bits per heavy atom. The maximum atomic E-state index is 14.7. The minimum atomic E-state index is -0.979. The van der Waals surface area contributed by atoms with E-state index in [1.165, 1.54) is 17.2 Å². The summed E-state index contributed by atoms with van der Waals surface area (Å²) >= 11 is 0. The van der Waals surface area contributed by atoms with Crippen molar-refractivity contribution < 1.29 is 27.9 Å². The molecule has 2 atom stereocenters. The highest BCUT2D eigenvalue weighted by molar-refractivity contribution is 5.95. The van der Waals surface area contributed by atoms with Crippen LogP contribution in [0.4, 0.5) is 9.18 Å². The predicted octanol–water partition coefficient (Wildman–Crippen LogP) is 2.78. The zero-order valence-corrected chi connectivity index (χ0v) is 20.0. The van der Waals surface area contributed by atoms with E-state index < -0.39 is 23.9 Å². The Hall–Kier alpha value is -3.66. The third-order valence-electron chi connectivity index (χ3n) is 6.37. The summed E-state index contributed by atoms with van der Waals surface area (Å²) in [6.07, 6.45) is 1.47. The summed E-state index contributed by atoms with van der Waals surface area (Å²) in [5, 5.41) is 2.73. The molecule has 4 rings (SSSR count). The van der Waals surface area contributed by atoms with Gasteiger partial charge in [-0.2, -0.15) is 0 Å². The van der Waals surface area contributed by atoms with Crippen LogP contribution in [0, 0.1) is 5.82 Å². The van der Waals surface area contributed by atoms with Gasteiger partial charge in [0.05, 0.1) is 24.5 Å². The molecule has 0 bridgehead atoms. The molecule has 3 amide bonds. The van der Waals surface area contributed by atoms with Crippen LogP contribution in [0.15, 0.2) is 58.3 Å². The third kappa shape index (κ3) is 4.93. The first-order chi connectivity index (χ1) is 16.8. The van der Waals surface area contributed by atoms with Gasteiger partial charge in [0.15, 0.2) is 5.76 Å². The molecule has 1 fully saturated rings. The number of nitrogens with one attached hydrogen (secondary N) is 1. The maximum Gasteiger partial charge on any atom is 0.338 e. The average molecular weight is 485 g/mol. The minimum Gasteiger partial charge on any atom is -0.463 e. The Balaban J connectivity index is 1.62. The number of urea groups is 1. The summed E-state index contributed by atoms with van der Waals surface area (Å²) in [5.74, 6) is -1.03. The lowest BCUT2D eigenvalue weighted by molar-refractivity contribution is -0.139. The molecule has 0 spiro atoms. The van der Waals surface area contributed by atoms with Gasteiger partial charge in [-0.25, -0.2) is 14.0 Å². The summed E-state index contributed by atoms with van der Waals surface area (Å²) in [6.45, 7) is 5.53. The van der Waals surface area contributed by atoms with Crippen molar-refractivity contribution in [1.29, 1.82) is 0 Å². The molecule has 2 aliphatic heterocycles. The zero-order valence-electron chi connectivity index (χ0n) is 20.0. The number of rotatable bonds is 6. The molecule has 2 unspecified atom stereocenters. The van der Waals surface area contributed by atoms with Gasteiger partial charge >= 0.3 is 12.0 Å². The van der Waals surface area contributed by atoms with Gasteiger partial charge in [0.2, 0.25) is 0 Å². The smallest absolute Gasteiger partial charge is 0.338 e. The van der Waals surface area contributed by atoms with Crippen molar-refractivity contribution in [3.05, 3.63) is 71.1 Å². The van der Waals surface area contributed by atoms with Crippen LogP contribution in [-0.4, -0.2) is 78.5 Å². The van der Waals surface area contributed by atoms with Crippen molar-refractivity contribution in [3.63, 3.8) is 0 Å². The van der Waals surface area contributed by atoms with E-state index in [1.807, 2.05) is 6.92 Å². The van der Waals surface area contributed by atoms with E-state index in [0.717, 1.165) is 0 Å². The summed E-state index contributed by atoms with van der Waals surface area (Å²) in [7, 11) is 1.57. The fourth-order valence-corrected chi connectivity index (χ4v) is 4.57. The van der Waals surface area contributed by atoms with E-state index in [9.17, 15) is 18.8 Å². The van der Waals surface area contributed by atoms with E-state index in [1.54, 1.807) is 49.2 Å². The molecule has 0 radical (unpaired) electrons. The van der Waals surface area contributed by atoms with Crippen LogP contribution in [0.1, 0.15) is 36.0 Å². The number of carbonyl (C=O) groups is 3. The number of furan rings is 1. The van der Waals surface area contributed by atoms with Gasteiger partial charge in [-0.1, -0.05) is 18.2 Å². The Morgan fingerprint density at radius 2 is 1.97 bits per heavy atom. The standard InChI is InChI=1S/C25H29FN4O5/c1-4-34-24(32)21-19(28(3)25(33)27-22(21)17-8-5-6-9-18(17)26)15-29-11-12-30(16(2)14-29)23(31)20-10-7-13-35-20/h5-10,13,16,22H,4,11-12,14-15H2,1-3H3,(H,27,33). The Kier molecular flexibility index (Phi) is 7.20. The topological polar surface area (TPSA) is 95.3 Å². The molecule has 0 aliphatic carbocycles. The van der Waals surface area contributed by atoms with E-state index in [2.05, 4.69) is 10.2 Å². The third-order valence-corrected chi connectivity index (χ3v) is 6.37. The van der Waals surface area contributed by atoms with Gasteiger partial charge in [0.1, 0.15) is 5.82 Å². The summed E-state index contributed by atoms with van der Waals surface area (Å²) in [6, 6.07) is 7.80. The van der Waals surface area contributed by atoms with Gasteiger partial charge < -0.3 is 19.4 Å². The molecule has 1 saturated heterocycles. The summed E-state index contributed by atoms with van der Waals surface area (Å²) in [4.78, 5) is 43.8. The van der Waals surface area contributed by atoms with Crippen LogP contribution in [0.2, 0.25) is 0 Å². The molecule has 1 N–H and O–H groups in total. The SMILES string of the molecule is CCOC(=O)C1=C(CN2CCN(C(=O)c3ccco3)C(C)C2)N(C)C(=O)NC1c1ccccc1F. The van der Waals surface area contributed by atoms with Crippen molar-refractivity contribution >= 4 is 17.9 Å². The van der Waals surface area contributed by atoms with E-state index >= 15 is 0 Å². The van der Waals surface area contributed by atoms with Gasteiger partial charge in [-0.05, 0) is 32.0 Å². The fourth-order valence-electron chi connectivity index (χ4n) is 4.57.